The van der Waals surface area contributed by atoms with Crippen LogP contribution in [0.1, 0.15) is 16.1 Å². The van der Waals surface area contributed by atoms with E-state index in [1.807, 2.05) is 12.4 Å². The number of aromatic nitrogens is 1. The topological polar surface area (TPSA) is 81.8 Å². The molecule has 2 aromatic heterocycles. The Hall–Kier alpha value is -1.90. The van der Waals surface area contributed by atoms with Crippen molar-refractivity contribution in [3.8, 4) is 0 Å². The molecule has 124 valence electrons. The fraction of sp³-hybridized carbons (Fsp3) is 0.467. The molecule has 2 N–H and O–H groups in total. The van der Waals surface area contributed by atoms with Gasteiger partial charge in [-0.1, -0.05) is 0 Å². The van der Waals surface area contributed by atoms with Crippen LogP contribution in [0, 0.1) is 0 Å². The fourth-order valence-corrected chi connectivity index (χ4v) is 3.34. The van der Waals surface area contributed by atoms with Gasteiger partial charge in [-0.25, -0.2) is 4.98 Å². The van der Waals surface area contributed by atoms with Crippen molar-refractivity contribution in [2.75, 3.05) is 38.5 Å². The summed E-state index contributed by atoms with van der Waals surface area (Å²) < 4.78 is 4.96. The number of rotatable bonds is 4. The maximum atomic E-state index is 12.4. The van der Waals surface area contributed by atoms with Crippen molar-refractivity contribution in [3.05, 3.63) is 35.2 Å². The number of aliphatic hydroxyl groups excluding tert-OH is 1. The molecule has 1 saturated heterocycles. The minimum absolute atomic E-state index is 0.106. The third kappa shape index (κ3) is 3.90. The van der Waals surface area contributed by atoms with E-state index in [0.29, 0.717) is 38.3 Å². The normalized spacial score (nSPS) is 19.6. The summed E-state index contributed by atoms with van der Waals surface area (Å²) in [6, 6.07) is 1.64. The molecule has 3 rings (SSSR count). The molecule has 8 heteroatoms. The quantitative estimate of drug-likeness (QED) is 0.870. The minimum atomic E-state index is -0.573. The van der Waals surface area contributed by atoms with Crippen molar-refractivity contribution in [3.63, 3.8) is 0 Å². The largest absolute Gasteiger partial charge is 0.472 e. The third-order valence-corrected chi connectivity index (χ3v) is 4.70. The molecule has 0 aliphatic carbocycles. The molecule has 0 radical (unpaired) electrons. The third-order valence-electron chi connectivity index (χ3n) is 3.79. The van der Waals surface area contributed by atoms with Crippen molar-refractivity contribution >= 4 is 22.4 Å². The van der Waals surface area contributed by atoms with Crippen LogP contribution in [0.4, 0.5) is 5.13 Å². The number of amides is 1. The molecule has 23 heavy (non-hydrogen) atoms. The molecular weight excluding hydrogens is 316 g/mol. The Kier molecular flexibility index (Phi) is 4.94. The molecule has 2 aromatic rings. The highest BCUT2D eigenvalue weighted by molar-refractivity contribution is 7.13. The summed E-state index contributed by atoms with van der Waals surface area (Å²) in [6.45, 7) is 2.81. The van der Waals surface area contributed by atoms with Gasteiger partial charge >= 0.3 is 0 Å². The van der Waals surface area contributed by atoms with E-state index < -0.39 is 6.10 Å². The molecule has 1 aliphatic rings. The Morgan fingerprint density at radius 1 is 1.52 bits per heavy atom. The Bertz CT molecular complexity index is 643. The van der Waals surface area contributed by atoms with Crippen LogP contribution >= 0.6 is 11.3 Å². The smallest absolute Gasteiger partial charge is 0.257 e. The van der Waals surface area contributed by atoms with Gasteiger partial charge in [-0.15, -0.1) is 11.3 Å². The first-order valence-electron chi connectivity index (χ1n) is 7.49. The summed E-state index contributed by atoms with van der Waals surface area (Å²) >= 11 is 1.56. The average Bonchev–Trinajstić information content (AvgIpc) is 3.18. The molecule has 3 heterocycles. The number of hydrogen-bond acceptors (Lipinski definition) is 7. The zero-order valence-corrected chi connectivity index (χ0v) is 13.8. The summed E-state index contributed by atoms with van der Waals surface area (Å²) in [6.07, 6.45) is 2.34. The number of β-amino-alcohol motifs (C(OH)–C–C–N with tert-alkyl or cyclic N) is 1. The van der Waals surface area contributed by atoms with Crippen molar-refractivity contribution in [2.45, 2.75) is 12.6 Å². The van der Waals surface area contributed by atoms with Crippen LogP contribution in [-0.2, 0) is 6.54 Å². The van der Waals surface area contributed by atoms with E-state index in [4.69, 9.17) is 4.42 Å². The summed E-state index contributed by atoms with van der Waals surface area (Å²) in [5, 5.41) is 16.1. The van der Waals surface area contributed by atoms with Crippen LogP contribution in [0.3, 0.4) is 0 Å². The van der Waals surface area contributed by atoms with Crippen LogP contribution in [0.25, 0.3) is 0 Å². The molecule has 0 aromatic carbocycles. The average molecular weight is 336 g/mol. The molecule has 1 unspecified atom stereocenters. The molecule has 7 nitrogen and oxygen atoms in total. The van der Waals surface area contributed by atoms with Crippen molar-refractivity contribution < 1.29 is 14.3 Å². The van der Waals surface area contributed by atoms with Crippen molar-refractivity contribution in [1.82, 2.24) is 14.8 Å². The van der Waals surface area contributed by atoms with Gasteiger partial charge in [-0.05, 0) is 6.07 Å². The predicted molar refractivity (Wildman–Crippen MR) is 87.6 cm³/mol. The van der Waals surface area contributed by atoms with E-state index in [0.717, 1.165) is 10.8 Å². The van der Waals surface area contributed by atoms with Crippen LogP contribution in [0.5, 0.6) is 0 Å². The van der Waals surface area contributed by atoms with E-state index in [-0.39, 0.29) is 5.91 Å². The van der Waals surface area contributed by atoms with Crippen LogP contribution < -0.4 is 5.32 Å². The second kappa shape index (κ2) is 7.12. The summed E-state index contributed by atoms with van der Waals surface area (Å²) in [7, 11) is 1.84. The Morgan fingerprint density at radius 3 is 3.09 bits per heavy atom. The SMILES string of the molecule is CNc1nc(CN2CCN(C(=O)c3ccoc3)CC(O)C2)cs1. The standard InChI is InChI=1S/C15H20N4O3S/c1-16-15-17-12(10-23-15)6-18-3-4-19(8-13(20)7-18)14(21)11-2-5-22-9-11/h2,5,9-10,13,20H,3-4,6-8H2,1H3,(H,16,17). The Labute approximate surface area is 138 Å². The van der Waals surface area contributed by atoms with Gasteiger partial charge in [0.25, 0.3) is 5.91 Å². The van der Waals surface area contributed by atoms with Gasteiger partial charge in [0.15, 0.2) is 5.13 Å². The van der Waals surface area contributed by atoms with Crippen molar-refractivity contribution in [1.29, 1.82) is 0 Å². The van der Waals surface area contributed by atoms with Gasteiger partial charge in [-0.2, -0.15) is 0 Å². The lowest BCUT2D eigenvalue weighted by atomic mass is 10.2. The van der Waals surface area contributed by atoms with Gasteiger partial charge in [0.05, 0.1) is 23.6 Å². The predicted octanol–water partition coefficient (Wildman–Crippen LogP) is 1.10. The zero-order valence-electron chi connectivity index (χ0n) is 12.9. The van der Waals surface area contributed by atoms with E-state index in [9.17, 15) is 9.90 Å². The minimum Gasteiger partial charge on any atom is -0.472 e. The number of nitrogens with zero attached hydrogens (tertiary/aromatic N) is 3. The second-order valence-electron chi connectivity index (χ2n) is 5.55. The lowest BCUT2D eigenvalue weighted by Crippen LogP contribution is -2.37. The van der Waals surface area contributed by atoms with Crippen LogP contribution in [-0.4, -0.2) is 65.1 Å². The molecule has 1 aliphatic heterocycles. The van der Waals surface area contributed by atoms with E-state index in [1.54, 1.807) is 22.3 Å². The first-order valence-corrected chi connectivity index (χ1v) is 8.37. The highest BCUT2D eigenvalue weighted by Gasteiger charge is 2.26. The second-order valence-corrected chi connectivity index (χ2v) is 6.40. The lowest BCUT2D eigenvalue weighted by Gasteiger charge is -2.20. The number of carbonyl (C=O) groups is 1. The maximum Gasteiger partial charge on any atom is 0.257 e. The first-order chi connectivity index (χ1) is 11.2. The van der Waals surface area contributed by atoms with E-state index in [1.165, 1.54) is 12.5 Å². The highest BCUT2D eigenvalue weighted by atomic mass is 32.1. The summed E-state index contributed by atoms with van der Waals surface area (Å²) in [4.78, 5) is 20.7. The molecular formula is C15H20N4O3S. The zero-order chi connectivity index (χ0) is 16.2. The molecule has 1 fully saturated rings. The number of nitrogens with one attached hydrogen (secondary N) is 1. The number of aliphatic hydroxyl groups is 1. The molecule has 0 bridgehead atoms. The Balaban J connectivity index is 1.62. The fourth-order valence-electron chi connectivity index (χ4n) is 2.68. The summed E-state index contributed by atoms with van der Waals surface area (Å²) in [5.41, 5.74) is 1.49. The number of carbonyl (C=O) groups excluding carboxylic acids is 1. The molecule has 1 amide bonds. The maximum absolute atomic E-state index is 12.4. The first kappa shape index (κ1) is 16.0. The molecule has 0 spiro atoms. The number of thiazole rings is 1. The lowest BCUT2D eigenvalue weighted by molar-refractivity contribution is 0.0662. The number of hydrogen-bond donors (Lipinski definition) is 2. The van der Waals surface area contributed by atoms with Gasteiger partial charge in [0.2, 0.25) is 0 Å². The van der Waals surface area contributed by atoms with Crippen molar-refractivity contribution in [2.24, 2.45) is 0 Å². The highest BCUT2D eigenvalue weighted by Crippen LogP contribution is 2.17. The van der Waals surface area contributed by atoms with Crippen LogP contribution in [0.15, 0.2) is 28.4 Å². The Morgan fingerprint density at radius 2 is 2.39 bits per heavy atom. The van der Waals surface area contributed by atoms with Gasteiger partial charge in [0.1, 0.15) is 6.26 Å². The molecule has 1 atom stereocenters. The summed E-state index contributed by atoms with van der Waals surface area (Å²) in [5.74, 6) is -0.106. The van der Waals surface area contributed by atoms with Crippen LogP contribution in [0.2, 0.25) is 0 Å². The van der Waals surface area contributed by atoms with E-state index >= 15 is 0 Å². The number of anilines is 1. The molecule has 0 saturated carbocycles. The number of furan rings is 1. The van der Waals surface area contributed by atoms with Gasteiger partial charge < -0.3 is 19.7 Å². The monoisotopic (exact) mass is 336 g/mol. The van der Waals surface area contributed by atoms with E-state index in [2.05, 4.69) is 15.2 Å². The van der Waals surface area contributed by atoms with Gasteiger partial charge in [0, 0.05) is 45.2 Å². The van der Waals surface area contributed by atoms with Gasteiger partial charge in [-0.3, -0.25) is 9.69 Å².